The van der Waals surface area contributed by atoms with Gasteiger partial charge in [0.2, 0.25) is 0 Å². The van der Waals surface area contributed by atoms with Crippen molar-refractivity contribution in [1.29, 1.82) is 0 Å². The Morgan fingerprint density at radius 2 is 1.69 bits per heavy atom. The number of rotatable bonds is 4. The summed E-state index contributed by atoms with van der Waals surface area (Å²) in [6.45, 7) is 4.71. The van der Waals surface area contributed by atoms with Crippen LogP contribution in [0.5, 0.6) is 11.5 Å². The highest BCUT2D eigenvalue weighted by molar-refractivity contribution is 9.10. The van der Waals surface area contributed by atoms with Crippen molar-refractivity contribution in [2.45, 2.75) is 6.92 Å². The molecular weight excluding hydrogens is 398 g/mol. The van der Waals surface area contributed by atoms with E-state index >= 15 is 0 Å². The molecule has 0 saturated carbocycles. The quantitative estimate of drug-likeness (QED) is 0.761. The average Bonchev–Trinajstić information content (AvgIpc) is 2.68. The highest BCUT2D eigenvalue weighted by atomic mass is 79.9. The largest absolute Gasteiger partial charge is 0.496 e. The summed E-state index contributed by atoms with van der Waals surface area (Å²) in [4.78, 5) is 21.4. The van der Waals surface area contributed by atoms with Crippen LogP contribution in [0.2, 0.25) is 0 Å². The van der Waals surface area contributed by atoms with Crippen LogP contribution < -0.4 is 14.4 Å². The fourth-order valence-electron chi connectivity index (χ4n) is 3.09. The lowest BCUT2D eigenvalue weighted by Gasteiger charge is -2.35. The van der Waals surface area contributed by atoms with Crippen LogP contribution in [0, 0.1) is 6.92 Å². The normalized spacial score (nSPS) is 14.3. The number of hydrogen-bond acceptors (Lipinski definition) is 5. The predicted octanol–water partition coefficient (Wildman–Crippen LogP) is 3.13. The first-order valence-electron chi connectivity index (χ1n) is 8.42. The Kier molecular flexibility index (Phi) is 5.66. The van der Waals surface area contributed by atoms with E-state index in [2.05, 4.69) is 25.8 Å². The second kappa shape index (κ2) is 7.95. The van der Waals surface area contributed by atoms with Gasteiger partial charge in [-0.05, 0) is 47.1 Å². The van der Waals surface area contributed by atoms with Crippen molar-refractivity contribution in [2.75, 3.05) is 45.3 Å². The first-order chi connectivity index (χ1) is 12.5. The van der Waals surface area contributed by atoms with Gasteiger partial charge in [-0.25, -0.2) is 4.98 Å². The number of methoxy groups -OCH3 is 2. The summed E-state index contributed by atoms with van der Waals surface area (Å²) >= 11 is 3.40. The molecule has 0 N–H and O–H groups in total. The molecule has 0 atom stereocenters. The third-order valence-electron chi connectivity index (χ3n) is 4.60. The number of ether oxygens (including phenoxy) is 2. The smallest absolute Gasteiger partial charge is 0.254 e. The molecule has 2 aromatic rings. The molecule has 1 fully saturated rings. The minimum absolute atomic E-state index is 0.00925. The van der Waals surface area contributed by atoms with Crippen LogP contribution in [0.15, 0.2) is 34.9 Å². The molecule has 0 radical (unpaired) electrons. The summed E-state index contributed by atoms with van der Waals surface area (Å²) in [6, 6.07) is 7.52. The van der Waals surface area contributed by atoms with Crippen molar-refractivity contribution in [3.05, 3.63) is 46.1 Å². The van der Waals surface area contributed by atoms with Gasteiger partial charge in [0.15, 0.2) is 0 Å². The SMILES string of the molecule is COc1cc(C(=O)N2CCN(c3ccc(Br)cn3)CC2)cc(OC)c1C. The summed E-state index contributed by atoms with van der Waals surface area (Å²) in [5, 5.41) is 0. The van der Waals surface area contributed by atoms with Gasteiger partial charge >= 0.3 is 0 Å². The van der Waals surface area contributed by atoms with Crippen LogP contribution in [-0.4, -0.2) is 56.2 Å². The number of carbonyl (C=O) groups is 1. The molecular formula is C19H22BrN3O3. The Hall–Kier alpha value is -2.28. The Labute approximate surface area is 161 Å². The molecule has 0 bridgehead atoms. The van der Waals surface area contributed by atoms with Gasteiger partial charge in [-0.1, -0.05) is 0 Å². The van der Waals surface area contributed by atoms with Crippen molar-refractivity contribution >= 4 is 27.7 Å². The van der Waals surface area contributed by atoms with Gasteiger partial charge in [-0.3, -0.25) is 4.79 Å². The average molecular weight is 420 g/mol. The Bertz CT molecular complexity index is 762. The van der Waals surface area contributed by atoms with E-state index in [-0.39, 0.29) is 5.91 Å². The number of amides is 1. The molecule has 1 aromatic heterocycles. The zero-order valence-corrected chi connectivity index (χ0v) is 16.7. The number of aromatic nitrogens is 1. The molecule has 6 nitrogen and oxygen atoms in total. The highest BCUT2D eigenvalue weighted by Gasteiger charge is 2.24. The van der Waals surface area contributed by atoms with E-state index in [0.717, 1.165) is 28.9 Å². The van der Waals surface area contributed by atoms with Crippen LogP contribution >= 0.6 is 15.9 Å². The molecule has 1 amide bonds. The molecule has 2 heterocycles. The van der Waals surface area contributed by atoms with E-state index in [1.165, 1.54) is 0 Å². The molecule has 3 rings (SSSR count). The maximum atomic E-state index is 12.9. The number of anilines is 1. The maximum absolute atomic E-state index is 12.9. The number of pyridine rings is 1. The molecule has 7 heteroatoms. The van der Waals surface area contributed by atoms with Gasteiger partial charge in [0, 0.05) is 48.0 Å². The van der Waals surface area contributed by atoms with E-state index < -0.39 is 0 Å². The summed E-state index contributed by atoms with van der Waals surface area (Å²) in [5.74, 6) is 2.24. The zero-order chi connectivity index (χ0) is 18.7. The van der Waals surface area contributed by atoms with Crippen molar-refractivity contribution in [3.63, 3.8) is 0 Å². The fraction of sp³-hybridized carbons (Fsp3) is 0.368. The molecule has 1 aromatic carbocycles. The van der Waals surface area contributed by atoms with Crippen LogP contribution in [0.4, 0.5) is 5.82 Å². The molecule has 0 aliphatic carbocycles. The maximum Gasteiger partial charge on any atom is 0.254 e. The lowest BCUT2D eigenvalue weighted by molar-refractivity contribution is 0.0745. The number of benzene rings is 1. The summed E-state index contributed by atoms with van der Waals surface area (Å²) in [5.41, 5.74) is 1.47. The second-order valence-corrected chi connectivity index (χ2v) is 7.04. The molecule has 1 aliphatic rings. The second-order valence-electron chi connectivity index (χ2n) is 6.12. The van der Waals surface area contributed by atoms with E-state index in [4.69, 9.17) is 9.47 Å². The zero-order valence-electron chi connectivity index (χ0n) is 15.2. The van der Waals surface area contributed by atoms with E-state index in [9.17, 15) is 4.79 Å². The van der Waals surface area contributed by atoms with Crippen LogP contribution in [0.3, 0.4) is 0 Å². The summed E-state index contributed by atoms with van der Waals surface area (Å²) in [7, 11) is 3.19. The minimum Gasteiger partial charge on any atom is -0.496 e. The molecule has 1 aliphatic heterocycles. The van der Waals surface area contributed by atoms with Crippen molar-refractivity contribution in [2.24, 2.45) is 0 Å². The topological polar surface area (TPSA) is 54.9 Å². The third kappa shape index (κ3) is 3.77. The molecule has 0 spiro atoms. The minimum atomic E-state index is -0.00925. The van der Waals surface area contributed by atoms with Crippen molar-refractivity contribution in [1.82, 2.24) is 9.88 Å². The Morgan fingerprint density at radius 1 is 1.08 bits per heavy atom. The van der Waals surface area contributed by atoms with Gasteiger partial charge < -0.3 is 19.3 Å². The predicted molar refractivity (Wildman–Crippen MR) is 104 cm³/mol. The van der Waals surface area contributed by atoms with Crippen LogP contribution in [0.25, 0.3) is 0 Å². The Balaban J connectivity index is 1.71. The molecule has 138 valence electrons. The van der Waals surface area contributed by atoms with Crippen molar-refractivity contribution in [3.8, 4) is 11.5 Å². The third-order valence-corrected chi connectivity index (χ3v) is 5.07. The number of nitrogens with zero attached hydrogens (tertiary/aromatic N) is 3. The molecule has 1 saturated heterocycles. The van der Waals surface area contributed by atoms with Crippen LogP contribution in [-0.2, 0) is 0 Å². The van der Waals surface area contributed by atoms with Crippen molar-refractivity contribution < 1.29 is 14.3 Å². The fourth-order valence-corrected chi connectivity index (χ4v) is 3.32. The van der Waals surface area contributed by atoms with Crippen LogP contribution in [0.1, 0.15) is 15.9 Å². The van der Waals surface area contributed by atoms with Gasteiger partial charge in [0.05, 0.1) is 14.2 Å². The van der Waals surface area contributed by atoms with Gasteiger partial charge in [0.25, 0.3) is 5.91 Å². The number of halogens is 1. The highest BCUT2D eigenvalue weighted by Crippen LogP contribution is 2.30. The standard InChI is InChI=1S/C19H22BrN3O3/c1-13-16(25-2)10-14(11-17(13)26-3)19(24)23-8-6-22(7-9-23)18-5-4-15(20)12-21-18/h4-5,10-12H,6-9H2,1-3H3. The monoisotopic (exact) mass is 419 g/mol. The van der Waals surface area contributed by atoms with Gasteiger partial charge in [-0.2, -0.15) is 0 Å². The van der Waals surface area contributed by atoms with E-state index in [1.807, 2.05) is 24.0 Å². The molecule has 0 unspecified atom stereocenters. The summed E-state index contributed by atoms with van der Waals surface area (Å²) < 4.78 is 11.7. The number of hydrogen-bond donors (Lipinski definition) is 0. The van der Waals surface area contributed by atoms with E-state index in [1.54, 1.807) is 32.5 Å². The summed E-state index contributed by atoms with van der Waals surface area (Å²) in [6.07, 6.45) is 1.79. The van der Waals surface area contributed by atoms with Gasteiger partial charge in [-0.15, -0.1) is 0 Å². The number of carbonyl (C=O) groups excluding carboxylic acids is 1. The lowest BCUT2D eigenvalue weighted by atomic mass is 10.1. The molecule has 26 heavy (non-hydrogen) atoms. The lowest BCUT2D eigenvalue weighted by Crippen LogP contribution is -2.49. The van der Waals surface area contributed by atoms with E-state index in [0.29, 0.717) is 30.2 Å². The van der Waals surface area contributed by atoms with Gasteiger partial charge in [0.1, 0.15) is 17.3 Å². The first-order valence-corrected chi connectivity index (χ1v) is 9.21. The number of piperazine rings is 1. The first kappa shape index (κ1) is 18.5. The Morgan fingerprint density at radius 3 is 2.19 bits per heavy atom.